The molecule has 0 saturated heterocycles. The van der Waals surface area contributed by atoms with E-state index in [9.17, 15) is 5.11 Å². The first-order valence-corrected chi connectivity index (χ1v) is 6.09. The summed E-state index contributed by atoms with van der Waals surface area (Å²) in [4.78, 5) is 4.56. The molecule has 92 valence electrons. The molecule has 2 unspecified atom stereocenters. The largest absolute Gasteiger partial charge is 0.392 e. The third kappa shape index (κ3) is 6.13. The third-order valence-corrected chi connectivity index (χ3v) is 3.01. The Morgan fingerprint density at radius 1 is 1.13 bits per heavy atom. The Balaban J connectivity index is 3.90. The quantitative estimate of drug-likeness (QED) is 0.665. The van der Waals surface area contributed by atoms with E-state index >= 15 is 0 Å². The van der Waals surface area contributed by atoms with Crippen LogP contribution >= 0.6 is 0 Å². The van der Waals surface area contributed by atoms with Gasteiger partial charge in [0.15, 0.2) is 0 Å². The van der Waals surface area contributed by atoms with Crippen molar-refractivity contribution in [2.24, 2.45) is 0 Å². The maximum atomic E-state index is 9.78. The normalized spacial score (nSPS) is 16.0. The SMILES string of the molecule is CCC(O)C(C)N(CC)CCCN(C)C. The summed E-state index contributed by atoms with van der Waals surface area (Å²) in [6, 6.07) is 0.280. The lowest BCUT2D eigenvalue weighted by Gasteiger charge is -2.31. The Morgan fingerprint density at radius 2 is 1.73 bits per heavy atom. The van der Waals surface area contributed by atoms with E-state index in [1.807, 2.05) is 6.92 Å². The first-order valence-electron chi connectivity index (χ1n) is 6.09. The summed E-state index contributed by atoms with van der Waals surface area (Å²) >= 11 is 0. The van der Waals surface area contributed by atoms with E-state index in [2.05, 4.69) is 37.7 Å². The van der Waals surface area contributed by atoms with Crippen LogP contribution < -0.4 is 0 Å². The molecule has 0 saturated carbocycles. The van der Waals surface area contributed by atoms with Crippen LogP contribution in [0, 0.1) is 0 Å². The van der Waals surface area contributed by atoms with Gasteiger partial charge in [0.25, 0.3) is 0 Å². The lowest BCUT2D eigenvalue weighted by molar-refractivity contribution is 0.0571. The van der Waals surface area contributed by atoms with Crippen molar-refractivity contribution in [3.05, 3.63) is 0 Å². The summed E-state index contributed by atoms with van der Waals surface area (Å²) in [7, 11) is 4.20. The monoisotopic (exact) mass is 216 g/mol. The molecule has 15 heavy (non-hydrogen) atoms. The first kappa shape index (κ1) is 14.9. The Bertz CT molecular complexity index is 151. The van der Waals surface area contributed by atoms with E-state index in [-0.39, 0.29) is 12.1 Å². The standard InChI is InChI=1S/C12H28N2O/c1-6-12(15)11(3)14(7-2)10-8-9-13(4)5/h11-12,15H,6-10H2,1-5H3. The number of aliphatic hydroxyl groups excluding tert-OH is 1. The molecule has 0 rings (SSSR count). The number of likely N-dealkylation sites (N-methyl/N-ethyl adjacent to an activating group) is 1. The summed E-state index contributed by atoms with van der Waals surface area (Å²) in [5, 5.41) is 9.78. The average molecular weight is 216 g/mol. The van der Waals surface area contributed by atoms with Crippen molar-refractivity contribution in [2.75, 3.05) is 33.7 Å². The fraction of sp³-hybridized carbons (Fsp3) is 1.00. The maximum absolute atomic E-state index is 9.78. The highest BCUT2D eigenvalue weighted by Crippen LogP contribution is 2.07. The van der Waals surface area contributed by atoms with Crippen LogP contribution in [0.5, 0.6) is 0 Å². The molecule has 2 atom stereocenters. The van der Waals surface area contributed by atoms with Gasteiger partial charge in [-0.25, -0.2) is 0 Å². The van der Waals surface area contributed by atoms with Gasteiger partial charge in [0, 0.05) is 6.04 Å². The van der Waals surface area contributed by atoms with Crippen LogP contribution in [0.4, 0.5) is 0 Å². The van der Waals surface area contributed by atoms with Crippen molar-refractivity contribution in [3.63, 3.8) is 0 Å². The zero-order valence-corrected chi connectivity index (χ0v) is 11.0. The van der Waals surface area contributed by atoms with Gasteiger partial charge in [0.05, 0.1) is 6.10 Å². The van der Waals surface area contributed by atoms with Gasteiger partial charge in [-0.1, -0.05) is 13.8 Å². The molecule has 0 amide bonds. The highest BCUT2D eigenvalue weighted by atomic mass is 16.3. The maximum Gasteiger partial charge on any atom is 0.0690 e. The molecular formula is C12H28N2O. The zero-order chi connectivity index (χ0) is 11.8. The lowest BCUT2D eigenvalue weighted by atomic mass is 10.1. The Labute approximate surface area is 95.1 Å². The lowest BCUT2D eigenvalue weighted by Crippen LogP contribution is -2.42. The van der Waals surface area contributed by atoms with Gasteiger partial charge < -0.3 is 10.0 Å². The van der Waals surface area contributed by atoms with Crippen molar-refractivity contribution >= 4 is 0 Å². The van der Waals surface area contributed by atoms with E-state index < -0.39 is 0 Å². The van der Waals surface area contributed by atoms with Crippen LogP contribution in [0.25, 0.3) is 0 Å². The van der Waals surface area contributed by atoms with E-state index in [0.29, 0.717) is 0 Å². The van der Waals surface area contributed by atoms with Crippen LogP contribution in [-0.2, 0) is 0 Å². The second-order valence-electron chi connectivity index (χ2n) is 4.50. The molecule has 1 N–H and O–H groups in total. The average Bonchev–Trinajstić information content (AvgIpc) is 2.22. The number of hydrogen-bond donors (Lipinski definition) is 1. The van der Waals surface area contributed by atoms with Gasteiger partial charge in [0.2, 0.25) is 0 Å². The third-order valence-electron chi connectivity index (χ3n) is 3.01. The van der Waals surface area contributed by atoms with Crippen LogP contribution in [0.2, 0.25) is 0 Å². The van der Waals surface area contributed by atoms with Crippen LogP contribution in [0.3, 0.4) is 0 Å². The molecule has 0 aliphatic heterocycles. The van der Waals surface area contributed by atoms with Gasteiger partial charge in [0.1, 0.15) is 0 Å². The van der Waals surface area contributed by atoms with Crippen LogP contribution in [0.15, 0.2) is 0 Å². The molecule has 0 aromatic rings. The van der Waals surface area contributed by atoms with Gasteiger partial charge in [-0.2, -0.15) is 0 Å². The fourth-order valence-corrected chi connectivity index (χ4v) is 1.82. The highest BCUT2D eigenvalue weighted by Gasteiger charge is 2.18. The molecule has 0 radical (unpaired) electrons. The van der Waals surface area contributed by atoms with E-state index in [0.717, 1.165) is 26.1 Å². The molecule has 0 fully saturated rings. The van der Waals surface area contributed by atoms with Crippen molar-refractivity contribution < 1.29 is 5.11 Å². The van der Waals surface area contributed by atoms with Crippen molar-refractivity contribution in [1.82, 2.24) is 9.80 Å². The molecule has 0 spiro atoms. The topological polar surface area (TPSA) is 26.7 Å². The fourth-order valence-electron chi connectivity index (χ4n) is 1.82. The van der Waals surface area contributed by atoms with Crippen LogP contribution in [-0.4, -0.2) is 60.8 Å². The summed E-state index contributed by atoms with van der Waals surface area (Å²) in [5.41, 5.74) is 0. The first-order chi connectivity index (χ1) is 7.02. The molecule has 0 aromatic carbocycles. The summed E-state index contributed by atoms with van der Waals surface area (Å²) in [6.07, 6.45) is 1.82. The van der Waals surface area contributed by atoms with Gasteiger partial charge in [-0.15, -0.1) is 0 Å². The summed E-state index contributed by atoms with van der Waals surface area (Å²) in [6.45, 7) is 9.53. The van der Waals surface area contributed by atoms with E-state index in [1.54, 1.807) is 0 Å². The highest BCUT2D eigenvalue weighted by molar-refractivity contribution is 4.73. The Kier molecular flexibility index (Phi) is 8.02. The summed E-state index contributed by atoms with van der Waals surface area (Å²) < 4.78 is 0. The van der Waals surface area contributed by atoms with Gasteiger partial charge in [-0.05, 0) is 53.5 Å². The van der Waals surface area contributed by atoms with Crippen molar-refractivity contribution in [2.45, 2.75) is 45.8 Å². The smallest absolute Gasteiger partial charge is 0.0690 e. The van der Waals surface area contributed by atoms with Crippen molar-refractivity contribution in [1.29, 1.82) is 0 Å². The Hall–Kier alpha value is -0.120. The molecule has 0 heterocycles. The molecule has 0 aliphatic carbocycles. The van der Waals surface area contributed by atoms with Gasteiger partial charge >= 0.3 is 0 Å². The van der Waals surface area contributed by atoms with E-state index in [1.165, 1.54) is 6.42 Å². The minimum atomic E-state index is -0.190. The number of hydrogen-bond acceptors (Lipinski definition) is 3. The molecule has 0 aliphatic rings. The van der Waals surface area contributed by atoms with Crippen molar-refractivity contribution in [3.8, 4) is 0 Å². The number of rotatable bonds is 8. The van der Waals surface area contributed by atoms with Crippen LogP contribution in [0.1, 0.15) is 33.6 Å². The molecule has 3 nitrogen and oxygen atoms in total. The second-order valence-corrected chi connectivity index (χ2v) is 4.50. The number of nitrogens with zero attached hydrogens (tertiary/aromatic N) is 2. The molecule has 0 bridgehead atoms. The predicted molar refractivity (Wildman–Crippen MR) is 66.2 cm³/mol. The minimum Gasteiger partial charge on any atom is -0.392 e. The zero-order valence-electron chi connectivity index (χ0n) is 11.0. The van der Waals surface area contributed by atoms with Gasteiger partial charge in [-0.3, -0.25) is 4.90 Å². The van der Waals surface area contributed by atoms with E-state index in [4.69, 9.17) is 0 Å². The molecule has 0 aromatic heterocycles. The second kappa shape index (κ2) is 8.08. The Morgan fingerprint density at radius 3 is 2.13 bits per heavy atom. The molecule has 3 heteroatoms. The minimum absolute atomic E-state index is 0.190. The molecular weight excluding hydrogens is 188 g/mol. The number of aliphatic hydroxyl groups is 1. The summed E-state index contributed by atoms with van der Waals surface area (Å²) in [5.74, 6) is 0. The predicted octanol–water partition coefficient (Wildman–Crippen LogP) is 1.42.